The van der Waals surface area contributed by atoms with Gasteiger partial charge in [-0.1, -0.05) is 45.8 Å². The second-order valence-corrected chi connectivity index (χ2v) is 7.53. The third kappa shape index (κ3) is 5.81. The summed E-state index contributed by atoms with van der Waals surface area (Å²) in [7, 11) is 1.58. The van der Waals surface area contributed by atoms with E-state index in [0.717, 1.165) is 15.6 Å². The Balaban J connectivity index is 1.85. The van der Waals surface area contributed by atoms with Gasteiger partial charge >= 0.3 is 0 Å². The van der Waals surface area contributed by atoms with E-state index in [-0.39, 0.29) is 11.6 Å². The Morgan fingerprint density at radius 3 is 2.13 bits per heavy atom. The Labute approximate surface area is 183 Å². The van der Waals surface area contributed by atoms with Crippen molar-refractivity contribution in [2.24, 2.45) is 0 Å². The van der Waals surface area contributed by atoms with Crippen LogP contribution in [0.15, 0.2) is 83.0 Å². The van der Waals surface area contributed by atoms with E-state index in [4.69, 9.17) is 4.74 Å². The quantitative estimate of drug-likeness (QED) is 0.494. The van der Waals surface area contributed by atoms with Crippen molar-refractivity contribution in [2.75, 3.05) is 12.4 Å². The smallest absolute Gasteiger partial charge is 0.272 e. The molecule has 3 aromatic carbocycles. The zero-order valence-corrected chi connectivity index (χ0v) is 18.2. The molecule has 0 saturated carbocycles. The fourth-order valence-corrected chi connectivity index (χ4v) is 2.92. The van der Waals surface area contributed by atoms with E-state index in [1.165, 1.54) is 0 Å². The topological polar surface area (TPSA) is 67.4 Å². The van der Waals surface area contributed by atoms with Crippen molar-refractivity contribution in [1.82, 2.24) is 5.32 Å². The van der Waals surface area contributed by atoms with Crippen LogP contribution in [0.1, 0.15) is 21.5 Å². The number of hydrogen-bond acceptors (Lipinski definition) is 3. The van der Waals surface area contributed by atoms with Crippen molar-refractivity contribution in [2.45, 2.75) is 6.92 Å². The zero-order chi connectivity index (χ0) is 21.5. The highest BCUT2D eigenvalue weighted by Gasteiger charge is 2.15. The van der Waals surface area contributed by atoms with Crippen molar-refractivity contribution in [1.29, 1.82) is 0 Å². The molecule has 0 bridgehead atoms. The van der Waals surface area contributed by atoms with Gasteiger partial charge in [0.2, 0.25) is 0 Å². The predicted octanol–water partition coefficient (Wildman–Crippen LogP) is 5.18. The lowest BCUT2D eigenvalue weighted by atomic mass is 10.1. The molecule has 2 amide bonds. The molecule has 152 valence electrons. The first-order valence-electron chi connectivity index (χ1n) is 9.25. The van der Waals surface area contributed by atoms with Gasteiger partial charge in [-0.25, -0.2) is 0 Å². The van der Waals surface area contributed by atoms with Gasteiger partial charge in [-0.05, 0) is 67.1 Å². The molecule has 0 spiro atoms. The van der Waals surface area contributed by atoms with Gasteiger partial charge < -0.3 is 15.4 Å². The molecule has 0 saturated heterocycles. The number of hydrogen-bond donors (Lipinski definition) is 2. The minimum Gasteiger partial charge on any atom is -0.497 e. The number of anilines is 1. The molecule has 0 aliphatic rings. The monoisotopic (exact) mass is 464 g/mol. The number of carbonyl (C=O) groups is 2. The summed E-state index contributed by atoms with van der Waals surface area (Å²) in [5, 5.41) is 5.54. The summed E-state index contributed by atoms with van der Waals surface area (Å²) in [5.74, 6) is -0.0990. The first kappa shape index (κ1) is 21.3. The summed E-state index contributed by atoms with van der Waals surface area (Å²) < 4.78 is 6.06. The molecular formula is C24H21BrN2O3. The largest absolute Gasteiger partial charge is 0.497 e. The maximum atomic E-state index is 12.9. The van der Waals surface area contributed by atoms with Crippen LogP contribution in [0.3, 0.4) is 0 Å². The molecule has 0 aliphatic carbocycles. The molecule has 0 fully saturated rings. The molecule has 0 atom stereocenters. The molecule has 3 rings (SSSR count). The highest BCUT2D eigenvalue weighted by molar-refractivity contribution is 9.10. The average Bonchev–Trinajstić information content (AvgIpc) is 2.75. The fourth-order valence-electron chi connectivity index (χ4n) is 2.66. The van der Waals surface area contributed by atoms with Crippen molar-refractivity contribution >= 4 is 39.5 Å². The van der Waals surface area contributed by atoms with E-state index in [0.29, 0.717) is 17.0 Å². The summed E-state index contributed by atoms with van der Waals surface area (Å²) in [4.78, 5) is 25.6. The number of carbonyl (C=O) groups excluding carboxylic acids is 2. The lowest BCUT2D eigenvalue weighted by Crippen LogP contribution is -2.30. The van der Waals surface area contributed by atoms with E-state index in [1.54, 1.807) is 49.6 Å². The molecule has 3 aromatic rings. The van der Waals surface area contributed by atoms with Crippen molar-refractivity contribution in [3.05, 3.63) is 99.7 Å². The third-order valence-corrected chi connectivity index (χ3v) is 4.86. The molecule has 6 heteroatoms. The van der Waals surface area contributed by atoms with E-state index >= 15 is 0 Å². The number of methoxy groups -OCH3 is 1. The standard InChI is InChI=1S/C24H21BrN2O3/c1-16-3-7-18(8-4-16)23(28)27-22(15-17-5-9-19(25)10-6-17)24(29)26-20-11-13-21(30-2)14-12-20/h3-15H,1-2H3,(H,26,29)(H,27,28)/b22-15+. The van der Waals surface area contributed by atoms with Crippen LogP contribution in [0, 0.1) is 6.92 Å². The zero-order valence-electron chi connectivity index (χ0n) is 16.6. The first-order chi connectivity index (χ1) is 14.4. The average molecular weight is 465 g/mol. The Hall–Kier alpha value is -3.38. The van der Waals surface area contributed by atoms with Gasteiger partial charge in [-0.15, -0.1) is 0 Å². The van der Waals surface area contributed by atoms with Gasteiger partial charge in [0.1, 0.15) is 11.4 Å². The Morgan fingerprint density at radius 2 is 1.53 bits per heavy atom. The van der Waals surface area contributed by atoms with Gasteiger partial charge in [-0.2, -0.15) is 0 Å². The van der Waals surface area contributed by atoms with E-state index in [9.17, 15) is 9.59 Å². The normalized spacial score (nSPS) is 11.0. The maximum Gasteiger partial charge on any atom is 0.272 e. The summed E-state index contributed by atoms with van der Waals surface area (Å²) in [6.07, 6.45) is 1.64. The predicted molar refractivity (Wildman–Crippen MR) is 122 cm³/mol. The van der Waals surface area contributed by atoms with Crippen LogP contribution < -0.4 is 15.4 Å². The SMILES string of the molecule is COc1ccc(NC(=O)/C(=C\c2ccc(Br)cc2)NC(=O)c2ccc(C)cc2)cc1. The van der Waals surface area contributed by atoms with Gasteiger partial charge in [0.25, 0.3) is 11.8 Å². The highest BCUT2D eigenvalue weighted by atomic mass is 79.9. The van der Waals surface area contributed by atoms with Crippen LogP contribution in [0.5, 0.6) is 5.75 Å². The Morgan fingerprint density at radius 1 is 0.900 bits per heavy atom. The van der Waals surface area contributed by atoms with Gasteiger partial charge in [0, 0.05) is 15.7 Å². The Kier molecular flexibility index (Phi) is 7.03. The van der Waals surface area contributed by atoms with Crippen LogP contribution >= 0.6 is 15.9 Å². The third-order valence-electron chi connectivity index (χ3n) is 4.34. The van der Waals surface area contributed by atoms with Crippen molar-refractivity contribution in [3.8, 4) is 5.75 Å². The molecule has 0 aliphatic heterocycles. The minimum absolute atomic E-state index is 0.138. The van der Waals surface area contributed by atoms with Crippen molar-refractivity contribution in [3.63, 3.8) is 0 Å². The van der Waals surface area contributed by atoms with Gasteiger partial charge in [0.15, 0.2) is 0 Å². The molecule has 2 N–H and O–H groups in total. The second kappa shape index (κ2) is 9.89. The highest BCUT2D eigenvalue weighted by Crippen LogP contribution is 2.17. The molecular weight excluding hydrogens is 444 g/mol. The van der Waals surface area contributed by atoms with Gasteiger partial charge in [0.05, 0.1) is 7.11 Å². The van der Waals surface area contributed by atoms with E-state index < -0.39 is 5.91 Å². The number of nitrogens with one attached hydrogen (secondary N) is 2. The number of amides is 2. The number of rotatable bonds is 6. The lowest BCUT2D eigenvalue weighted by molar-refractivity contribution is -0.113. The first-order valence-corrected chi connectivity index (χ1v) is 10.0. The summed E-state index contributed by atoms with van der Waals surface area (Å²) >= 11 is 3.39. The minimum atomic E-state index is -0.427. The number of halogens is 1. The molecule has 0 aromatic heterocycles. The van der Waals surface area contributed by atoms with E-state index in [1.807, 2.05) is 43.3 Å². The van der Waals surface area contributed by atoms with Gasteiger partial charge in [-0.3, -0.25) is 9.59 Å². The summed E-state index contributed by atoms with van der Waals surface area (Å²) in [6, 6.07) is 21.6. The molecule has 0 unspecified atom stereocenters. The second-order valence-electron chi connectivity index (χ2n) is 6.61. The molecule has 30 heavy (non-hydrogen) atoms. The Bertz CT molecular complexity index is 1060. The maximum absolute atomic E-state index is 12.9. The molecule has 0 radical (unpaired) electrons. The van der Waals surface area contributed by atoms with Crippen LogP contribution in [-0.2, 0) is 4.79 Å². The number of aryl methyl sites for hydroxylation is 1. The molecule has 0 heterocycles. The number of benzene rings is 3. The van der Waals surface area contributed by atoms with Crippen LogP contribution in [0.2, 0.25) is 0 Å². The van der Waals surface area contributed by atoms with E-state index in [2.05, 4.69) is 26.6 Å². The van der Waals surface area contributed by atoms with Crippen LogP contribution in [-0.4, -0.2) is 18.9 Å². The van der Waals surface area contributed by atoms with Crippen LogP contribution in [0.25, 0.3) is 6.08 Å². The lowest BCUT2D eigenvalue weighted by Gasteiger charge is -2.12. The summed E-state index contributed by atoms with van der Waals surface area (Å²) in [5.41, 5.74) is 3.03. The number of ether oxygens (including phenoxy) is 1. The fraction of sp³-hybridized carbons (Fsp3) is 0.0833. The van der Waals surface area contributed by atoms with Crippen LogP contribution in [0.4, 0.5) is 5.69 Å². The summed E-state index contributed by atoms with van der Waals surface area (Å²) in [6.45, 7) is 1.95. The van der Waals surface area contributed by atoms with Crippen molar-refractivity contribution < 1.29 is 14.3 Å². The molecule has 5 nitrogen and oxygen atoms in total.